The molecule has 2 aromatic heterocycles. The van der Waals surface area contributed by atoms with Gasteiger partial charge in [0, 0.05) is 10.4 Å². The molecule has 31 heavy (non-hydrogen) atoms. The van der Waals surface area contributed by atoms with Gasteiger partial charge in [0.2, 0.25) is 0 Å². The number of methoxy groups -OCH3 is 2. The van der Waals surface area contributed by atoms with E-state index in [0.717, 1.165) is 0 Å². The summed E-state index contributed by atoms with van der Waals surface area (Å²) in [7, 11) is 2.92. The molecule has 0 radical (unpaired) electrons. The van der Waals surface area contributed by atoms with Crippen LogP contribution in [0.2, 0.25) is 0 Å². The van der Waals surface area contributed by atoms with E-state index >= 15 is 0 Å². The maximum absolute atomic E-state index is 12.2. The van der Waals surface area contributed by atoms with Crippen LogP contribution in [0.25, 0.3) is 10.8 Å². The molecule has 1 aromatic carbocycles. The molecule has 0 unspecified atom stereocenters. The van der Waals surface area contributed by atoms with Crippen molar-refractivity contribution in [1.82, 2.24) is 15.8 Å². The predicted octanol–water partition coefficient (Wildman–Crippen LogP) is 2.35. The number of rotatable bonds is 7. The molecular formula is C20H19N3O7S. The van der Waals surface area contributed by atoms with E-state index in [-0.39, 0.29) is 11.3 Å². The largest absolute Gasteiger partial charge is 0.493 e. The summed E-state index contributed by atoms with van der Waals surface area (Å²) in [6.45, 7) is 1.11. The zero-order valence-electron chi connectivity index (χ0n) is 16.9. The zero-order valence-corrected chi connectivity index (χ0v) is 17.7. The van der Waals surface area contributed by atoms with Crippen molar-refractivity contribution in [2.24, 2.45) is 0 Å². The molecule has 3 rings (SSSR count). The van der Waals surface area contributed by atoms with Crippen molar-refractivity contribution >= 4 is 29.1 Å². The average molecular weight is 445 g/mol. The second-order valence-electron chi connectivity index (χ2n) is 6.05. The topological polar surface area (TPSA) is 129 Å². The number of hydrazine groups is 1. The van der Waals surface area contributed by atoms with E-state index in [0.29, 0.717) is 27.1 Å². The average Bonchev–Trinajstić information content (AvgIpc) is 3.45. The Hall–Kier alpha value is -3.86. The van der Waals surface area contributed by atoms with Crippen molar-refractivity contribution < 1.29 is 33.0 Å². The van der Waals surface area contributed by atoms with Crippen molar-refractivity contribution in [2.45, 2.75) is 6.92 Å². The number of carbonyl (C=O) groups is 3. The highest BCUT2D eigenvalue weighted by Gasteiger charge is 2.20. The van der Waals surface area contributed by atoms with E-state index in [1.807, 2.05) is 0 Å². The lowest BCUT2D eigenvalue weighted by atomic mass is 10.2. The van der Waals surface area contributed by atoms with Gasteiger partial charge in [0.1, 0.15) is 0 Å². The van der Waals surface area contributed by atoms with Gasteiger partial charge in [-0.25, -0.2) is 9.78 Å². The minimum atomic E-state index is -0.757. The minimum absolute atomic E-state index is 0.0959. The van der Waals surface area contributed by atoms with Crippen molar-refractivity contribution in [3.63, 3.8) is 0 Å². The lowest BCUT2D eigenvalue weighted by Crippen LogP contribution is -2.43. The highest BCUT2D eigenvalue weighted by atomic mass is 32.1. The molecule has 2 N–H and O–H groups in total. The van der Waals surface area contributed by atoms with Crippen LogP contribution in [-0.2, 0) is 9.53 Å². The minimum Gasteiger partial charge on any atom is -0.493 e. The second kappa shape index (κ2) is 9.76. The molecule has 0 aliphatic rings. The first kappa shape index (κ1) is 21.8. The van der Waals surface area contributed by atoms with Gasteiger partial charge in [-0.2, -0.15) is 0 Å². The Morgan fingerprint density at radius 3 is 2.55 bits per heavy atom. The van der Waals surface area contributed by atoms with Crippen LogP contribution in [0.5, 0.6) is 11.5 Å². The quantitative estimate of drug-likeness (QED) is 0.419. The van der Waals surface area contributed by atoms with Crippen LogP contribution in [0.1, 0.15) is 25.7 Å². The zero-order chi connectivity index (χ0) is 22.4. The number of nitrogens with one attached hydrogen (secondary N) is 2. The first-order valence-electron chi connectivity index (χ1n) is 8.92. The summed E-state index contributed by atoms with van der Waals surface area (Å²) in [4.78, 5) is 41.2. The number of carbonyl (C=O) groups excluding carboxylic acids is 3. The van der Waals surface area contributed by atoms with E-state index in [1.165, 1.54) is 44.0 Å². The van der Waals surface area contributed by atoms with E-state index < -0.39 is 24.4 Å². The molecular weight excluding hydrogens is 426 g/mol. The lowest BCUT2D eigenvalue weighted by Gasteiger charge is -2.10. The molecule has 0 saturated heterocycles. The van der Waals surface area contributed by atoms with Gasteiger partial charge in [0.15, 0.2) is 34.6 Å². The number of aromatic nitrogens is 1. The summed E-state index contributed by atoms with van der Waals surface area (Å²) >= 11 is 1.27. The first-order chi connectivity index (χ1) is 14.9. The van der Waals surface area contributed by atoms with E-state index in [2.05, 4.69) is 15.8 Å². The molecule has 0 bridgehead atoms. The molecule has 162 valence electrons. The van der Waals surface area contributed by atoms with Gasteiger partial charge in [0.05, 0.1) is 20.5 Å². The Bertz CT molecular complexity index is 1090. The van der Waals surface area contributed by atoms with E-state index in [4.69, 9.17) is 18.6 Å². The molecule has 2 heterocycles. The molecule has 0 aliphatic heterocycles. The highest BCUT2D eigenvalue weighted by molar-refractivity contribution is 7.15. The number of furan rings is 1. The number of thiazole rings is 1. The third-order valence-electron chi connectivity index (χ3n) is 4.02. The Labute approximate surface area is 181 Å². The number of ether oxygens (including phenoxy) is 3. The molecule has 11 heteroatoms. The SMILES string of the molecule is COc1ccc(C(=O)NNC(=O)COC(=O)c2nc(-c3ccco3)sc2C)cc1OC. The molecule has 0 atom stereocenters. The number of aryl methyl sites for hydroxylation is 1. The van der Waals surface area contributed by atoms with Gasteiger partial charge in [-0.05, 0) is 37.3 Å². The van der Waals surface area contributed by atoms with Crippen LogP contribution in [0.4, 0.5) is 0 Å². The monoisotopic (exact) mass is 445 g/mol. The van der Waals surface area contributed by atoms with Crippen LogP contribution in [-0.4, -0.2) is 43.6 Å². The van der Waals surface area contributed by atoms with Gasteiger partial charge < -0.3 is 18.6 Å². The maximum Gasteiger partial charge on any atom is 0.358 e. The molecule has 10 nitrogen and oxygen atoms in total. The van der Waals surface area contributed by atoms with Gasteiger partial charge in [-0.3, -0.25) is 20.4 Å². The van der Waals surface area contributed by atoms with Crippen LogP contribution >= 0.6 is 11.3 Å². The van der Waals surface area contributed by atoms with E-state index in [1.54, 1.807) is 25.1 Å². The number of benzene rings is 1. The molecule has 0 fully saturated rings. The number of esters is 1. The number of hydrogen-bond donors (Lipinski definition) is 2. The first-order valence-corrected chi connectivity index (χ1v) is 9.74. The second-order valence-corrected chi connectivity index (χ2v) is 7.25. The van der Waals surface area contributed by atoms with E-state index in [9.17, 15) is 14.4 Å². The standard InChI is InChI=1S/C20H19N3O7S/c1-11-17(21-19(31-11)14-5-4-8-29-14)20(26)30-10-16(24)22-23-18(25)12-6-7-13(27-2)15(9-12)28-3/h4-9H,10H2,1-3H3,(H,22,24)(H,23,25). The van der Waals surface area contributed by atoms with Crippen LogP contribution in [0.3, 0.4) is 0 Å². The third-order valence-corrected chi connectivity index (χ3v) is 5.00. The maximum atomic E-state index is 12.2. The van der Waals surface area contributed by atoms with Crippen molar-refractivity contribution in [1.29, 1.82) is 0 Å². The normalized spacial score (nSPS) is 10.3. The van der Waals surface area contributed by atoms with Crippen LogP contribution in [0, 0.1) is 6.92 Å². The van der Waals surface area contributed by atoms with Crippen molar-refractivity contribution in [2.75, 3.05) is 20.8 Å². The van der Waals surface area contributed by atoms with Gasteiger partial charge >= 0.3 is 5.97 Å². The van der Waals surface area contributed by atoms with Crippen LogP contribution < -0.4 is 20.3 Å². The molecule has 2 amide bonds. The molecule has 0 spiro atoms. The Morgan fingerprint density at radius 1 is 1.10 bits per heavy atom. The predicted molar refractivity (Wildman–Crippen MR) is 110 cm³/mol. The highest BCUT2D eigenvalue weighted by Crippen LogP contribution is 2.28. The van der Waals surface area contributed by atoms with Gasteiger partial charge in [-0.1, -0.05) is 0 Å². The third kappa shape index (κ3) is 5.20. The van der Waals surface area contributed by atoms with Gasteiger partial charge in [0.25, 0.3) is 11.8 Å². The Morgan fingerprint density at radius 2 is 1.87 bits per heavy atom. The summed E-state index contributed by atoms with van der Waals surface area (Å²) in [6, 6.07) is 7.96. The number of amides is 2. The summed E-state index contributed by atoms with van der Waals surface area (Å²) in [5, 5.41) is 0.529. The smallest absolute Gasteiger partial charge is 0.358 e. The number of nitrogens with zero attached hydrogens (tertiary/aromatic N) is 1. The van der Waals surface area contributed by atoms with Crippen LogP contribution in [0.15, 0.2) is 41.0 Å². The fraction of sp³-hybridized carbons (Fsp3) is 0.200. The fourth-order valence-electron chi connectivity index (χ4n) is 2.50. The van der Waals surface area contributed by atoms with Crippen molar-refractivity contribution in [3.05, 3.63) is 52.7 Å². The summed E-state index contributed by atoms with van der Waals surface area (Å²) in [5.74, 6) is -0.707. The summed E-state index contributed by atoms with van der Waals surface area (Å²) in [6.07, 6.45) is 1.50. The summed E-state index contributed by atoms with van der Waals surface area (Å²) in [5.41, 5.74) is 4.74. The molecule has 0 aliphatic carbocycles. The molecule has 0 saturated carbocycles. The summed E-state index contributed by atoms with van der Waals surface area (Å²) < 4.78 is 20.5. The fourth-order valence-corrected chi connectivity index (χ4v) is 3.37. The van der Waals surface area contributed by atoms with Gasteiger partial charge in [-0.15, -0.1) is 11.3 Å². The lowest BCUT2D eigenvalue weighted by molar-refractivity contribution is -0.125. The molecule has 3 aromatic rings. The number of hydrogen-bond acceptors (Lipinski definition) is 9. The Balaban J connectivity index is 1.51. The Kier molecular flexibility index (Phi) is 6.88. The van der Waals surface area contributed by atoms with Crippen molar-refractivity contribution in [3.8, 4) is 22.3 Å².